The predicted octanol–water partition coefficient (Wildman–Crippen LogP) is 4.58. The number of ether oxygens (including phenoxy) is 1. The summed E-state index contributed by atoms with van der Waals surface area (Å²) >= 11 is 5.96. The maximum Gasteiger partial charge on any atom is 0.316 e. The molecular weight excluding hydrogens is 267 g/mol. The third kappa shape index (κ3) is 2.71. The standard InChI is InChI=1S/C15H14ClFO2/c1-15(2,3)14(18)19-11-6-4-5-9-7-8-10(17)13(16)12(9)11/h4-8H,1-3H3. The van der Waals surface area contributed by atoms with Crippen LogP contribution in [0.25, 0.3) is 10.8 Å². The fourth-order valence-electron chi connectivity index (χ4n) is 1.62. The van der Waals surface area contributed by atoms with E-state index >= 15 is 0 Å². The van der Waals surface area contributed by atoms with E-state index in [2.05, 4.69) is 0 Å². The van der Waals surface area contributed by atoms with Gasteiger partial charge < -0.3 is 4.74 Å². The van der Waals surface area contributed by atoms with Gasteiger partial charge in [-0.3, -0.25) is 4.79 Å². The van der Waals surface area contributed by atoms with Crippen LogP contribution in [0.2, 0.25) is 5.02 Å². The van der Waals surface area contributed by atoms with Crippen LogP contribution in [0.15, 0.2) is 30.3 Å². The SMILES string of the molecule is CC(C)(C)C(=O)Oc1cccc2ccc(F)c(Cl)c12. The summed E-state index contributed by atoms with van der Waals surface area (Å²) in [6.07, 6.45) is 0. The minimum absolute atomic E-state index is 0.0326. The molecule has 2 rings (SSSR count). The van der Waals surface area contributed by atoms with Crippen LogP contribution in [0.3, 0.4) is 0 Å². The Morgan fingerprint density at radius 1 is 1.21 bits per heavy atom. The molecule has 0 bridgehead atoms. The van der Waals surface area contributed by atoms with E-state index in [0.717, 1.165) is 5.39 Å². The Morgan fingerprint density at radius 3 is 2.53 bits per heavy atom. The van der Waals surface area contributed by atoms with E-state index in [-0.39, 0.29) is 16.7 Å². The topological polar surface area (TPSA) is 26.3 Å². The lowest BCUT2D eigenvalue weighted by Crippen LogP contribution is -2.25. The summed E-state index contributed by atoms with van der Waals surface area (Å²) in [5.74, 6) is -0.643. The fraction of sp³-hybridized carbons (Fsp3) is 0.267. The largest absolute Gasteiger partial charge is 0.425 e. The average molecular weight is 281 g/mol. The van der Waals surface area contributed by atoms with Gasteiger partial charge in [-0.15, -0.1) is 0 Å². The Balaban J connectivity index is 2.55. The highest BCUT2D eigenvalue weighted by molar-refractivity contribution is 6.36. The summed E-state index contributed by atoms with van der Waals surface area (Å²) in [6.45, 7) is 5.26. The van der Waals surface area contributed by atoms with Crippen molar-refractivity contribution in [3.63, 3.8) is 0 Å². The van der Waals surface area contributed by atoms with E-state index in [0.29, 0.717) is 5.39 Å². The molecule has 100 valence electrons. The molecule has 0 spiro atoms. The van der Waals surface area contributed by atoms with E-state index in [1.54, 1.807) is 45.0 Å². The highest BCUT2D eigenvalue weighted by atomic mass is 35.5. The molecule has 0 saturated carbocycles. The Hall–Kier alpha value is -1.61. The molecule has 0 aliphatic carbocycles. The minimum Gasteiger partial charge on any atom is -0.425 e. The van der Waals surface area contributed by atoms with E-state index < -0.39 is 11.2 Å². The molecule has 0 N–H and O–H groups in total. The van der Waals surface area contributed by atoms with Gasteiger partial charge in [-0.2, -0.15) is 0 Å². The average Bonchev–Trinajstić information content (AvgIpc) is 2.33. The van der Waals surface area contributed by atoms with E-state index in [1.807, 2.05) is 0 Å². The molecule has 0 unspecified atom stereocenters. The van der Waals surface area contributed by atoms with Gasteiger partial charge in [-0.1, -0.05) is 29.8 Å². The first-order chi connectivity index (χ1) is 8.80. The Morgan fingerprint density at radius 2 is 1.89 bits per heavy atom. The quantitative estimate of drug-likeness (QED) is 0.564. The summed E-state index contributed by atoms with van der Waals surface area (Å²) in [7, 11) is 0. The molecule has 4 heteroatoms. The van der Waals surface area contributed by atoms with Crippen molar-refractivity contribution in [1.82, 2.24) is 0 Å². The van der Waals surface area contributed by atoms with Crippen molar-refractivity contribution in [2.24, 2.45) is 5.41 Å². The Labute approximate surface area is 116 Å². The zero-order valence-corrected chi connectivity index (χ0v) is 11.7. The molecule has 19 heavy (non-hydrogen) atoms. The zero-order valence-electron chi connectivity index (χ0n) is 11.0. The summed E-state index contributed by atoms with van der Waals surface area (Å²) in [6, 6.07) is 8.03. The Kier molecular flexibility index (Phi) is 3.50. The number of benzene rings is 2. The molecule has 0 heterocycles. The van der Waals surface area contributed by atoms with Crippen LogP contribution in [0.1, 0.15) is 20.8 Å². The third-order valence-corrected chi connectivity index (χ3v) is 3.08. The van der Waals surface area contributed by atoms with Crippen molar-refractivity contribution in [2.75, 3.05) is 0 Å². The highest BCUT2D eigenvalue weighted by Crippen LogP contribution is 2.34. The lowest BCUT2D eigenvalue weighted by Gasteiger charge is -2.17. The van der Waals surface area contributed by atoms with Gasteiger partial charge in [-0.05, 0) is 38.3 Å². The number of hydrogen-bond donors (Lipinski definition) is 0. The van der Waals surface area contributed by atoms with Gasteiger partial charge in [0, 0.05) is 5.39 Å². The van der Waals surface area contributed by atoms with Crippen molar-refractivity contribution in [1.29, 1.82) is 0 Å². The summed E-state index contributed by atoms with van der Waals surface area (Å²) < 4.78 is 18.9. The molecule has 0 aromatic heterocycles. The number of hydrogen-bond acceptors (Lipinski definition) is 2. The van der Waals surface area contributed by atoms with Gasteiger partial charge in [0.1, 0.15) is 11.6 Å². The van der Waals surface area contributed by atoms with Crippen molar-refractivity contribution in [2.45, 2.75) is 20.8 Å². The fourth-order valence-corrected chi connectivity index (χ4v) is 1.88. The van der Waals surface area contributed by atoms with Crippen LogP contribution in [0.4, 0.5) is 4.39 Å². The molecule has 0 atom stereocenters. The molecule has 0 amide bonds. The van der Waals surface area contributed by atoms with Crippen LogP contribution in [-0.2, 0) is 4.79 Å². The summed E-state index contributed by atoms with van der Waals surface area (Å²) in [4.78, 5) is 11.9. The molecule has 0 saturated heterocycles. The normalized spacial score (nSPS) is 11.6. The Bertz CT molecular complexity index is 644. The smallest absolute Gasteiger partial charge is 0.316 e. The van der Waals surface area contributed by atoms with E-state index in [9.17, 15) is 9.18 Å². The number of halogens is 2. The first-order valence-corrected chi connectivity index (χ1v) is 6.27. The van der Waals surface area contributed by atoms with Crippen molar-refractivity contribution >= 4 is 28.3 Å². The van der Waals surface area contributed by atoms with Crippen molar-refractivity contribution < 1.29 is 13.9 Å². The maximum absolute atomic E-state index is 13.5. The number of carbonyl (C=O) groups excluding carboxylic acids is 1. The van der Waals surface area contributed by atoms with Crippen LogP contribution in [0.5, 0.6) is 5.75 Å². The van der Waals surface area contributed by atoms with Crippen LogP contribution >= 0.6 is 11.6 Å². The maximum atomic E-state index is 13.5. The summed E-state index contributed by atoms with van der Waals surface area (Å²) in [5.41, 5.74) is -0.637. The molecule has 2 aromatic carbocycles. The van der Waals surface area contributed by atoms with Crippen LogP contribution < -0.4 is 4.74 Å². The van der Waals surface area contributed by atoms with Gasteiger partial charge in [0.2, 0.25) is 0 Å². The molecule has 0 fully saturated rings. The predicted molar refractivity (Wildman–Crippen MR) is 74.0 cm³/mol. The zero-order chi connectivity index (χ0) is 14.2. The molecule has 2 nitrogen and oxygen atoms in total. The summed E-state index contributed by atoms with van der Waals surface area (Å²) in [5, 5.41) is 1.11. The minimum atomic E-state index is -0.637. The van der Waals surface area contributed by atoms with Crippen molar-refractivity contribution in [3.8, 4) is 5.75 Å². The first-order valence-electron chi connectivity index (χ1n) is 5.90. The molecule has 0 radical (unpaired) electrons. The van der Waals surface area contributed by atoms with E-state index in [1.165, 1.54) is 6.07 Å². The van der Waals surface area contributed by atoms with Gasteiger partial charge in [0.05, 0.1) is 10.4 Å². The van der Waals surface area contributed by atoms with Gasteiger partial charge in [0.15, 0.2) is 0 Å². The molecule has 0 aliphatic rings. The lowest BCUT2D eigenvalue weighted by atomic mass is 9.97. The van der Waals surface area contributed by atoms with Gasteiger partial charge in [0.25, 0.3) is 0 Å². The van der Waals surface area contributed by atoms with Crippen molar-refractivity contribution in [3.05, 3.63) is 41.2 Å². The number of carbonyl (C=O) groups is 1. The number of esters is 1. The van der Waals surface area contributed by atoms with Crippen LogP contribution in [0, 0.1) is 11.2 Å². The second-order valence-electron chi connectivity index (χ2n) is 5.36. The monoisotopic (exact) mass is 280 g/mol. The highest BCUT2D eigenvalue weighted by Gasteiger charge is 2.24. The molecular formula is C15H14ClFO2. The first kappa shape index (κ1) is 13.8. The van der Waals surface area contributed by atoms with Gasteiger partial charge in [-0.25, -0.2) is 4.39 Å². The lowest BCUT2D eigenvalue weighted by molar-refractivity contribution is -0.142. The van der Waals surface area contributed by atoms with E-state index in [4.69, 9.17) is 16.3 Å². The number of rotatable bonds is 1. The second kappa shape index (κ2) is 4.82. The third-order valence-electron chi connectivity index (χ3n) is 2.71. The van der Waals surface area contributed by atoms with Crippen LogP contribution in [-0.4, -0.2) is 5.97 Å². The molecule has 2 aromatic rings. The molecule has 0 aliphatic heterocycles. The second-order valence-corrected chi connectivity index (χ2v) is 5.73. The number of fused-ring (bicyclic) bond motifs is 1. The van der Waals surface area contributed by atoms with Gasteiger partial charge >= 0.3 is 5.97 Å².